The average Bonchev–Trinajstić information content (AvgIpc) is 2.62. The predicted octanol–water partition coefficient (Wildman–Crippen LogP) is 3.21. The molecule has 0 aliphatic carbocycles. The lowest BCUT2D eigenvalue weighted by atomic mass is 10.1. The summed E-state index contributed by atoms with van der Waals surface area (Å²) >= 11 is 5.75. The maximum absolute atomic E-state index is 11.8. The third-order valence-corrected chi connectivity index (χ3v) is 4.66. The second-order valence-electron chi connectivity index (χ2n) is 4.83. The van der Waals surface area contributed by atoms with Crippen LogP contribution in [0.15, 0.2) is 41.8 Å². The van der Waals surface area contributed by atoms with Crippen LogP contribution in [0, 0.1) is 0 Å². The number of halogens is 1. The Hall–Kier alpha value is -1.46. The zero-order valence-electron chi connectivity index (χ0n) is 12.0. The fourth-order valence-electron chi connectivity index (χ4n) is 2.01. The molecule has 1 aromatic carbocycles. The van der Waals surface area contributed by atoms with Gasteiger partial charge in [0.1, 0.15) is 5.75 Å². The topological polar surface area (TPSA) is 46.6 Å². The van der Waals surface area contributed by atoms with Gasteiger partial charge < -0.3 is 4.74 Å². The van der Waals surface area contributed by atoms with E-state index in [0.717, 1.165) is 23.8 Å². The molecule has 1 heterocycles. The number of rotatable bonds is 5. The van der Waals surface area contributed by atoms with Gasteiger partial charge in [-0.25, -0.2) is 12.7 Å². The third kappa shape index (κ3) is 3.80. The zero-order valence-corrected chi connectivity index (χ0v) is 13.6. The van der Waals surface area contributed by atoms with Crippen molar-refractivity contribution in [1.29, 1.82) is 0 Å². The Balaban J connectivity index is 2.47. The Morgan fingerprint density at radius 1 is 1.24 bits per heavy atom. The van der Waals surface area contributed by atoms with Crippen LogP contribution in [0.4, 0.5) is 0 Å². The quantitative estimate of drug-likeness (QED) is 0.780. The van der Waals surface area contributed by atoms with Crippen molar-refractivity contribution in [3.63, 3.8) is 0 Å². The number of hydrogen-bond donors (Lipinski definition) is 0. The van der Waals surface area contributed by atoms with E-state index in [1.165, 1.54) is 11.4 Å². The lowest BCUT2D eigenvalue weighted by Gasteiger charge is -2.22. The molecular weight excluding hydrogens is 310 g/mol. The van der Waals surface area contributed by atoms with Crippen molar-refractivity contribution in [3.05, 3.63) is 47.4 Å². The van der Waals surface area contributed by atoms with Crippen molar-refractivity contribution in [3.8, 4) is 5.75 Å². The zero-order chi connectivity index (χ0) is 15.5. The Labute approximate surface area is 130 Å². The molecule has 0 fully saturated rings. The summed E-state index contributed by atoms with van der Waals surface area (Å²) < 4.78 is 30.7. The molecule has 0 atom stereocenters. The van der Waals surface area contributed by atoms with E-state index < -0.39 is 10.0 Å². The lowest BCUT2D eigenvalue weighted by Crippen LogP contribution is -2.29. The Morgan fingerprint density at radius 2 is 1.95 bits per heavy atom. The van der Waals surface area contributed by atoms with E-state index in [1.54, 1.807) is 0 Å². The van der Waals surface area contributed by atoms with E-state index >= 15 is 0 Å². The summed E-state index contributed by atoms with van der Waals surface area (Å²) in [6, 6.07) is 7.51. The van der Waals surface area contributed by atoms with Gasteiger partial charge in [0.25, 0.3) is 0 Å². The van der Waals surface area contributed by atoms with Crippen LogP contribution in [-0.4, -0.2) is 31.9 Å². The highest BCUT2D eigenvalue weighted by atomic mass is 35.5. The van der Waals surface area contributed by atoms with Crippen molar-refractivity contribution in [1.82, 2.24) is 4.31 Å². The lowest BCUT2D eigenvalue weighted by molar-refractivity contribution is 0.317. The average molecular weight is 328 g/mol. The molecule has 0 spiro atoms. The number of sulfonamides is 1. The molecule has 0 amide bonds. The summed E-state index contributed by atoms with van der Waals surface area (Å²) in [4.78, 5) is 0. The SMILES string of the molecule is CN(C1=C(CCCCl)C=Cc2ccccc2O1)S(C)(=O)=O. The van der Waals surface area contributed by atoms with Gasteiger partial charge in [-0.1, -0.05) is 30.4 Å². The van der Waals surface area contributed by atoms with Crippen LogP contribution < -0.4 is 4.74 Å². The highest BCUT2D eigenvalue weighted by molar-refractivity contribution is 7.88. The van der Waals surface area contributed by atoms with Gasteiger partial charge in [-0.3, -0.25) is 0 Å². The van der Waals surface area contributed by atoms with Crippen molar-refractivity contribution in [2.24, 2.45) is 0 Å². The predicted molar refractivity (Wildman–Crippen MR) is 85.7 cm³/mol. The Bertz CT molecular complexity index is 680. The molecule has 0 bridgehead atoms. The van der Waals surface area contributed by atoms with Crippen molar-refractivity contribution >= 4 is 27.7 Å². The first-order valence-corrected chi connectivity index (χ1v) is 8.99. The Kier molecular flexibility index (Phi) is 4.96. The van der Waals surface area contributed by atoms with Gasteiger partial charge in [-0.2, -0.15) is 0 Å². The molecule has 0 saturated heterocycles. The first kappa shape index (κ1) is 15.9. The summed E-state index contributed by atoms with van der Waals surface area (Å²) in [5, 5.41) is 0. The first-order chi connectivity index (χ1) is 9.93. The first-order valence-electron chi connectivity index (χ1n) is 6.61. The van der Waals surface area contributed by atoms with Crippen LogP contribution in [0.3, 0.4) is 0 Å². The molecule has 2 rings (SSSR count). The summed E-state index contributed by atoms with van der Waals surface area (Å²) in [5.41, 5.74) is 1.73. The van der Waals surface area contributed by atoms with Crippen LogP contribution in [0.1, 0.15) is 18.4 Å². The van der Waals surface area contributed by atoms with Crippen LogP contribution in [0.25, 0.3) is 6.08 Å². The molecule has 0 unspecified atom stereocenters. The van der Waals surface area contributed by atoms with Gasteiger partial charge >= 0.3 is 0 Å². The number of alkyl halides is 1. The largest absolute Gasteiger partial charge is 0.439 e. The minimum atomic E-state index is -3.40. The second-order valence-corrected chi connectivity index (χ2v) is 7.22. The van der Waals surface area contributed by atoms with Gasteiger partial charge in [0, 0.05) is 24.1 Å². The van der Waals surface area contributed by atoms with E-state index in [9.17, 15) is 8.42 Å². The second kappa shape index (κ2) is 6.54. The fraction of sp³-hybridized carbons (Fsp3) is 0.333. The standard InChI is InChI=1S/C15H18ClNO3S/c1-17(21(2,18)19)15-13(7-5-11-16)10-9-12-6-3-4-8-14(12)20-15/h3-4,6,8-10H,5,7,11H2,1-2H3. The van der Waals surface area contributed by atoms with E-state index in [2.05, 4.69) is 0 Å². The summed E-state index contributed by atoms with van der Waals surface area (Å²) in [6.07, 6.45) is 6.39. The maximum Gasteiger partial charge on any atom is 0.234 e. The molecule has 1 aliphatic rings. The van der Waals surface area contributed by atoms with Crippen LogP contribution in [-0.2, 0) is 10.0 Å². The minimum absolute atomic E-state index is 0.337. The fourth-order valence-corrected chi connectivity index (χ4v) is 2.60. The molecule has 0 saturated carbocycles. The number of nitrogens with zero attached hydrogens (tertiary/aromatic N) is 1. The number of allylic oxidation sites excluding steroid dienone is 2. The molecule has 114 valence electrons. The van der Waals surface area contributed by atoms with Gasteiger partial charge in [-0.05, 0) is 18.9 Å². The third-order valence-electron chi connectivity index (χ3n) is 3.23. The van der Waals surface area contributed by atoms with Crippen LogP contribution in [0.2, 0.25) is 0 Å². The van der Waals surface area contributed by atoms with E-state index in [1.807, 2.05) is 36.4 Å². The summed E-state index contributed by atoms with van der Waals surface area (Å²) in [7, 11) is -1.90. The highest BCUT2D eigenvalue weighted by Gasteiger charge is 2.22. The maximum atomic E-state index is 11.8. The van der Waals surface area contributed by atoms with E-state index in [4.69, 9.17) is 16.3 Å². The van der Waals surface area contributed by atoms with Crippen molar-refractivity contribution in [2.75, 3.05) is 19.2 Å². The monoisotopic (exact) mass is 327 g/mol. The molecule has 0 radical (unpaired) electrons. The summed E-state index contributed by atoms with van der Waals surface area (Å²) in [5.74, 6) is 1.49. The van der Waals surface area contributed by atoms with Gasteiger partial charge in [0.05, 0.1) is 6.26 Å². The number of fused-ring (bicyclic) bond motifs is 1. The number of para-hydroxylation sites is 1. The molecule has 21 heavy (non-hydrogen) atoms. The van der Waals surface area contributed by atoms with Crippen LogP contribution >= 0.6 is 11.6 Å². The number of hydrogen-bond acceptors (Lipinski definition) is 3. The molecular formula is C15H18ClNO3S. The Morgan fingerprint density at radius 3 is 2.62 bits per heavy atom. The molecule has 0 aromatic heterocycles. The molecule has 1 aromatic rings. The summed E-state index contributed by atoms with van der Waals surface area (Å²) in [6.45, 7) is 0. The number of ether oxygens (including phenoxy) is 1. The highest BCUT2D eigenvalue weighted by Crippen LogP contribution is 2.30. The van der Waals surface area contributed by atoms with Crippen molar-refractivity contribution in [2.45, 2.75) is 12.8 Å². The van der Waals surface area contributed by atoms with E-state index in [0.29, 0.717) is 23.9 Å². The van der Waals surface area contributed by atoms with Crippen LogP contribution in [0.5, 0.6) is 5.75 Å². The number of benzene rings is 1. The van der Waals surface area contributed by atoms with E-state index in [-0.39, 0.29) is 0 Å². The van der Waals surface area contributed by atoms with Gasteiger partial charge in [0.2, 0.25) is 15.9 Å². The smallest absolute Gasteiger partial charge is 0.234 e. The molecule has 0 N–H and O–H groups in total. The van der Waals surface area contributed by atoms with Crippen molar-refractivity contribution < 1.29 is 13.2 Å². The normalized spacial score (nSPS) is 14.4. The van der Waals surface area contributed by atoms with Gasteiger partial charge in [-0.15, -0.1) is 11.6 Å². The molecule has 4 nitrogen and oxygen atoms in total. The van der Waals surface area contributed by atoms with Gasteiger partial charge in [0.15, 0.2) is 0 Å². The molecule has 6 heteroatoms. The minimum Gasteiger partial charge on any atom is -0.439 e. The molecule has 1 aliphatic heterocycles.